The van der Waals surface area contributed by atoms with Gasteiger partial charge in [-0.1, -0.05) is 23.7 Å². The molecule has 0 amide bonds. The molecule has 0 spiro atoms. The second-order valence-electron chi connectivity index (χ2n) is 5.53. The van der Waals surface area contributed by atoms with Crippen LogP contribution in [0.4, 0.5) is 17.5 Å². The van der Waals surface area contributed by atoms with E-state index >= 15 is 0 Å². The number of halogens is 1. The molecule has 1 aromatic carbocycles. The molecule has 0 unspecified atom stereocenters. The Balaban J connectivity index is 1.99. The number of nitrogens with one attached hydrogen (secondary N) is 2. The van der Waals surface area contributed by atoms with Crippen molar-refractivity contribution in [1.82, 2.24) is 15.0 Å². The maximum atomic E-state index is 9.26. The Labute approximate surface area is 150 Å². The Hall–Kier alpha value is -2.70. The third kappa shape index (κ3) is 4.43. The highest BCUT2D eigenvalue weighted by atomic mass is 35.5. The van der Waals surface area contributed by atoms with Crippen LogP contribution in [-0.4, -0.2) is 32.7 Å². The van der Waals surface area contributed by atoms with E-state index in [1.54, 1.807) is 12.4 Å². The molecule has 2 heterocycles. The van der Waals surface area contributed by atoms with E-state index in [-0.39, 0.29) is 12.6 Å². The molecular weight excluding hydrogens is 338 g/mol. The summed E-state index contributed by atoms with van der Waals surface area (Å²) in [5.41, 5.74) is 2.41. The van der Waals surface area contributed by atoms with E-state index in [2.05, 4.69) is 25.6 Å². The van der Waals surface area contributed by atoms with Crippen LogP contribution in [0.5, 0.6) is 0 Å². The van der Waals surface area contributed by atoms with Crippen LogP contribution in [0, 0.1) is 0 Å². The smallest absolute Gasteiger partial charge is 0.225 e. The number of aromatic nitrogens is 3. The van der Waals surface area contributed by atoms with Crippen LogP contribution >= 0.6 is 11.6 Å². The fourth-order valence-electron chi connectivity index (χ4n) is 2.21. The van der Waals surface area contributed by atoms with Gasteiger partial charge in [-0.3, -0.25) is 4.98 Å². The van der Waals surface area contributed by atoms with Gasteiger partial charge in [-0.15, -0.1) is 0 Å². The van der Waals surface area contributed by atoms with Crippen molar-refractivity contribution in [3.8, 4) is 11.3 Å². The predicted octanol–water partition coefficient (Wildman–Crippen LogP) is 3.73. The van der Waals surface area contributed by atoms with E-state index in [0.717, 1.165) is 16.9 Å². The Morgan fingerprint density at radius 2 is 1.88 bits per heavy atom. The molecule has 25 heavy (non-hydrogen) atoms. The quantitative estimate of drug-likeness (QED) is 0.625. The third-order valence-corrected chi connectivity index (χ3v) is 3.82. The Morgan fingerprint density at radius 3 is 2.60 bits per heavy atom. The molecule has 0 bridgehead atoms. The fourth-order valence-corrected chi connectivity index (χ4v) is 2.40. The number of para-hydroxylation sites is 1. The van der Waals surface area contributed by atoms with Crippen molar-refractivity contribution in [2.24, 2.45) is 0 Å². The van der Waals surface area contributed by atoms with Crippen molar-refractivity contribution in [3.05, 3.63) is 59.9 Å². The normalized spacial score (nSPS) is 11.8. The zero-order chi connectivity index (χ0) is 17.6. The van der Waals surface area contributed by atoms with Crippen LogP contribution < -0.4 is 10.6 Å². The van der Waals surface area contributed by atoms with Crippen molar-refractivity contribution in [2.75, 3.05) is 17.2 Å². The molecule has 0 aliphatic carbocycles. The number of benzene rings is 1. The van der Waals surface area contributed by atoms with E-state index in [4.69, 9.17) is 11.6 Å². The van der Waals surface area contributed by atoms with Crippen LogP contribution in [0.1, 0.15) is 6.92 Å². The summed E-state index contributed by atoms with van der Waals surface area (Å²) < 4.78 is 0. The van der Waals surface area contributed by atoms with Gasteiger partial charge >= 0.3 is 0 Å². The summed E-state index contributed by atoms with van der Waals surface area (Å²) in [6.45, 7) is 1.83. The first-order valence-electron chi connectivity index (χ1n) is 7.84. The fraction of sp³-hybridized carbons (Fsp3) is 0.167. The van der Waals surface area contributed by atoms with Crippen molar-refractivity contribution in [1.29, 1.82) is 0 Å². The van der Waals surface area contributed by atoms with Gasteiger partial charge in [0.2, 0.25) is 5.95 Å². The Morgan fingerprint density at radius 1 is 1.12 bits per heavy atom. The summed E-state index contributed by atoms with van der Waals surface area (Å²) in [5, 5.41) is 16.2. The lowest BCUT2D eigenvalue weighted by atomic mass is 10.2. The van der Waals surface area contributed by atoms with Crippen molar-refractivity contribution < 1.29 is 5.11 Å². The van der Waals surface area contributed by atoms with Crippen LogP contribution in [0.25, 0.3) is 11.3 Å². The zero-order valence-corrected chi connectivity index (χ0v) is 14.4. The maximum Gasteiger partial charge on any atom is 0.225 e. The molecule has 0 aliphatic heterocycles. The molecule has 7 heteroatoms. The molecule has 0 saturated heterocycles. The van der Waals surface area contributed by atoms with Gasteiger partial charge in [0, 0.05) is 30.1 Å². The molecule has 1 atom stereocenters. The minimum atomic E-state index is -0.166. The number of rotatable bonds is 6. The molecule has 3 aromatic rings. The van der Waals surface area contributed by atoms with Gasteiger partial charge in [0.15, 0.2) is 0 Å². The van der Waals surface area contributed by atoms with Crippen LogP contribution in [0.2, 0.25) is 5.02 Å². The Kier molecular flexibility index (Phi) is 5.42. The van der Waals surface area contributed by atoms with E-state index in [0.29, 0.717) is 16.8 Å². The maximum absolute atomic E-state index is 9.26. The molecule has 0 saturated carbocycles. The van der Waals surface area contributed by atoms with Crippen molar-refractivity contribution in [3.63, 3.8) is 0 Å². The highest BCUT2D eigenvalue weighted by Gasteiger charge is 2.10. The van der Waals surface area contributed by atoms with Crippen LogP contribution in [0.3, 0.4) is 0 Å². The first kappa shape index (κ1) is 17.1. The second-order valence-corrected chi connectivity index (χ2v) is 5.94. The van der Waals surface area contributed by atoms with E-state index in [1.165, 1.54) is 0 Å². The summed E-state index contributed by atoms with van der Waals surface area (Å²) in [4.78, 5) is 13.0. The van der Waals surface area contributed by atoms with E-state index < -0.39 is 0 Å². The van der Waals surface area contributed by atoms with Gasteiger partial charge in [0.1, 0.15) is 5.82 Å². The van der Waals surface area contributed by atoms with Crippen molar-refractivity contribution >= 4 is 29.1 Å². The standard InChI is InChI=1S/C18H18ClN5O/c1-12(11-25)21-18-23-16(13-6-8-20-9-7-13)10-17(24-18)22-15-5-3-2-4-14(15)19/h2-10,12,25H,11H2,1H3,(H2,21,22,23,24)/t12-/m1/s1. The molecule has 0 aliphatic rings. The number of hydrogen-bond acceptors (Lipinski definition) is 6. The minimum absolute atomic E-state index is 0.0177. The molecular formula is C18H18ClN5O. The summed E-state index contributed by atoms with van der Waals surface area (Å²) >= 11 is 6.21. The second kappa shape index (κ2) is 7.92. The SMILES string of the molecule is C[C@H](CO)Nc1nc(Nc2ccccc2Cl)cc(-c2ccncc2)n1. The van der Waals surface area contributed by atoms with Gasteiger partial charge in [0.25, 0.3) is 0 Å². The lowest BCUT2D eigenvalue weighted by Crippen LogP contribution is -2.21. The minimum Gasteiger partial charge on any atom is -0.394 e. The number of hydrogen-bond donors (Lipinski definition) is 3. The molecule has 2 aromatic heterocycles. The van der Waals surface area contributed by atoms with Gasteiger partial charge in [-0.2, -0.15) is 4.98 Å². The first-order chi connectivity index (χ1) is 12.2. The number of nitrogens with zero attached hydrogens (tertiary/aromatic N) is 3. The summed E-state index contributed by atoms with van der Waals surface area (Å²) in [6, 6.07) is 12.9. The molecule has 0 fully saturated rings. The third-order valence-electron chi connectivity index (χ3n) is 3.49. The van der Waals surface area contributed by atoms with Gasteiger partial charge in [-0.25, -0.2) is 4.98 Å². The van der Waals surface area contributed by atoms with Gasteiger partial charge in [-0.05, 0) is 31.2 Å². The summed E-state index contributed by atoms with van der Waals surface area (Å²) in [6.07, 6.45) is 3.42. The molecule has 128 valence electrons. The highest BCUT2D eigenvalue weighted by Crippen LogP contribution is 2.27. The Bertz CT molecular complexity index is 844. The van der Waals surface area contributed by atoms with Crippen LogP contribution in [-0.2, 0) is 0 Å². The summed E-state index contributed by atoms with van der Waals surface area (Å²) in [5.74, 6) is 1.02. The molecule has 3 rings (SSSR count). The van der Waals surface area contributed by atoms with Gasteiger partial charge in [0.05, 0.1) is 23.0 Å². The van der Waals surface area contributed by atoms with Gasteiger partial charge < -0.3 is 15.7 Å². The summed E-state index contributed by atoms with van der Waals surface area (Å²) in [7, 11) is 0. The van der Waals surface area contributed by atoms with E-state index in [9.17, 15) is 5.11 Å². The number of anilines is 3. The lowest BCUT2D eigenvalue weighted by Gasteiger charge is -2.14. The average Bonchev–Trinajstić information content (AvgIpc) is 2.64. The highest BCUT2D eigenvalue weighted by molar-refractivity contribution is 6.33. The molecule has 3 N–H and O–H groups in total. The van der Waals surface area contributed by atoms with Crippen molar-refractivity contribution in [2.45, 2.75) is 13.0 Å². The number of aliphatic hydroxyl groups is 1. The molecule has 0 radical (unpaired) electrons. The average molecular weight is 356 g/mol. The molecule has 6 nitrogen and oxygen atoms in total. The zero-order valence-electron chi connectivity index (χ0n) is 13.6. The number of aliphatic hydroxyl groups excluding tert-OH is 1. The largest absolute Gasteiger partial charge is 0.394 e. The van der Waals surface area contributed by atoms with Crippen LogP contribution in [0.15, 0.2) is 54.9 Å². The topological polar surface area (TPSA) is 83.0 Å². The first-order valence-corrected chi connectivity index (χ1v) is 8.22. The monoisotopic (exact) mass is 355 g/mol. The number of pyridine rings is 1. The lowest BCUT2D eigenvalue weighted by molar-refractivity contribution is 0.281. The predicted molar refractivity (Wildman–Crippen MR) is 100 cm³/mol. The van der Waals surface area contributed by atoms with E-state index in [1.807, 2.05) is 49.4 Å².